The molecule has 0 unspecified atom stereocenters. The molecule has 98 valence electrons. The molecule has 1 aromatic carbocycles. The highest BCUT2D eigenvalue weighted by Gasteiger charge is 2.14. The summed E-state index contributed by atoms with van der Waals surface area (Å²) in [5, 5.41) is 4.07. The third-order valence-electron chi connectivity index (χ3n) is 2.82. The summed E-state index contributed by atoms with van der Waals surface area (Å²) in [4.78, 5) is 7.96. The predicted molar refractivity (Wildman–Crippen MR) is 78.9 cm³/mol. The van der Waals surface area contributed by atoms with Gasteiger partial charge in [-0.15, -0.1) is 24.8 Å². The largest absolute Gasteiger partial charge is 0.341 e. The molecule has 1 aliphatic rings. The quantitative estimate of drug-likeness (QED) is 0.849. The smallest absolute Gasteiger partial charge is 0.137 e. The van der Waals surface area contributed by atoms with Gasteiger partial charge in [-0.1, -0.05) is 11.6 Å². The molecule has 2 N–H and O–H groups in total. The third-order valence-corrected chi connectivity index (χ3v) is 3.07. The number of hydrogen-bond acceptors (Lipinski definition) is 2. The second kappa shape index (κ2) is 6.43. The van der Waals surface area contributed by atoms with Gasteiger partial charge in [0.1, 0.15) is 5.82 Å². The zero-order valence-electron chi connectivity index (χ0n) is 9.57. The molecule has 0 saturated carbocycles. The van der Waals surface area contributed by atoms with Crippen LogP contribution in [-0.2, 0) is 13.0 Å². The van der Waals surface area contributed by atoms with Crippen LogP contribution in [0.4, 0.5) is 0 Å². The summed E-state index contributed by atoms with van der Waals surface area (Å²) in [7, 11) is 0. The minimum Gasteiger partial charge on any atom is -0.341 e. The molecule has 0 saturated heterocycles. The Balaban J connectivity index is 0.000000810. The molecule has 0 amide bonds. The van der Waals surface area contributed by atoms with E-state index in [9.17, 15) is 0 Å². The van der Waals surface area contributed by atoms with E-state index in [0.29, 0.717) is 0 Å². The Hall–Kier alpha value is -0.740. The van der Waals surface area contributed by atoms with E-state index in [1.54, 1.807) is 0 Å². The Morgan fingerprint density at radius 2 is 1.83 bits per heavy atom. The summed E-state index contributed by atoms with van der Waals surface area (Å²) in [6.07, 6.45) is 0.999. The standard InChI is InChI=1S/C12H12ClN3.2ClH/c13-9-3-1-8(2-4-9)12-15-10-5-6-14-7-11(10)16-12;;/h1-4,14H,5-7H2,(H,15,16);2*1H. The zero-order chi connectivity index (χ0) is 11.0. The van der Waals surface area contributed by atoms with Crippen molar-refractivity contribution in [2.75, 3.05) is 6.54 Å². The van der Waals surface area contributed by atoms with Crippen molar-refractivity contribution in [3.63, 3.8) is 0 Å². The molecule has 0 radical (unpaired) electrons. The first-order chi connectivity index (χ1) is 7.83. The molecule has 2 aromatic rings. The number of imidazole rings is 1. The van der Waals surface area contributed by atoms with E-state index < -0.39 is 0 Å². The second-order valence-corrected chi connectivity index (χ2v) is 4.38. The van der Waals surface area contributed by atoms with Gasteiger partial charge in [-0.3, -0.25) is 0 Å². The number of aromatic amines is 1. The van der Waals surface area contributed by atoms with Gasteiger partial charge in [-0.2, -0.15) is 0 Å². The zero-order valence-corrected chi connectivity index (χ0v) is 12.0. The van der Waals surface area contributed by atoms with Crippen LogP contribution >= 0.6 is 36.4 Å². The lowest BCUT2D eigenvalue weighted by atomic mass is 10.2. The van der Waals surface area contributed by atoms with Gasteiger partial charge in [-0.05, 0) is 24.3 Å². The van der Waals surface area contributed by atoms with Crippen molar-refractivity contribution in [1.29, 1.82) is 0 Å². The van der Waals surface area contributed by atoms with Gasteiger partial charge < -0.3 is 10.3 Å². The molecule has 2 heterocycles. The molecule has 1 aromatic heterocycles. The lowest BCUT2D eigenvalue weighted by molar-refractivity contribution is 0.627. The van der Waals surface area contributed by atoms with Crippen molar-refractivity contribution in [1.82, 2.24) is 15.3 Å². The monoisotopic (exact) mass is 305 g/mol. The Morgan fingerprint density at radius 3 is 2.50 bits per heavy atom. The highest BCUT2D eigenvalue weighted by Crippen LogP contribution is 2.21. The molecule has 1 aliphatic heterocycles. The van der Waals surface area contributed by atoms with Gasteiger partial charge in [0.15, 0.2) is 0 Å². The maximum absolute atomic E-state index is 5.86. The van der Waals surface area contributed by atoms with E-state index in [-0.39, 0.29) is 24.8 Å². The summed E-state index contributed by atoms with van der Waals surface area (Å²) >= 11 is 5.86. The maximum Gasteiger partial charge on any atom is 0.137 e. The van der Waals surface area contributed by atoms with Crippen molar-refractivity contribution < 1.29 is 0 Å². The maximum atomic E-state index is 5.86. The third kappa shape index (κ3) is 2.98. The summed E-state index contributed by atoms with van der Waals surface area (Å²) in [6.45, 7) is 1.90. The lowest BCUT2D eigenvalue weighted by Gasteiger charge is -2.09. The van der Waals surface area contributed by atoms with E-state index >= 15 is 0 Å². The van der Waals surface area contributed by atoms with Crippen molar-refractivity contribution in [3.8, 4) is 11.4 Å². The summed E-state index contributed by atoms with van der Waals surface area (Å²) in [5.41, 5.74) is 3.47. The molecule has 0 bridgehead atoms. The highest BCUT2D eigenvalue weighted by atomic mass is 35.5. The van der Waals surface area contributed by atoms with Crippen LogP contribution in [0.1, 0.15) is 11.4 Å². The number of halogens is 3. The van der Waals surface area contributed by atoms with E-state index in [1.807, 2.05) is 24.3 Å². The van der Waals surface area contributed by atoms with Crippen molar-refractivity contribution in [3.05, 3.63) is 40.7 Å². The average Bonchev–Trinajstić information content (AvgIpc) is 2.73. The fourth-order valence-electron chi connectivity index (χ4n) is 1.96. The van der Waals surface area contributed by atoms with E-state index in [0.717, 1.165) is 35.9 Å². The topological polar surface area (TPSA) is 40.7 Å². The molecular weight excluding hydrogens is 293 g/mol. The number of fused-ring (bicyclic) bond motifs is 1. The summed E-state index contributed by atoms with van der Waals surface area (Å²) in [6, 6.07) is 7.74. The minimum atomic E-state index is 0. The Kier molecular flexibility index (Phi) is 5.47. The molecule has 0 aliphatic carbocycles. The number of H-pyrrole nitrogens is 1. The van der Waals surface area contributed by atoms with Gasteiger partial charge in [-0.25, -0.2) is 4.98 Å². The van der Waals surface area contributed by atoms with Gasteiger partial charge >= 0.3 is 0 Å². The van der Waals surface area contributed by atoms with Crippen molar-refractivity contribution >= 4 is 36.4 Å². The normalized spacial score (nSPS) is 13.2. The van der Waals surface area contributed by atoms with Crippen molar-refractivity contribution in [2.24, 2.45) is 0 Å². The average molecular weight is 307 g/mol. The Morgan fingerprint density at radius 1 is 1.11 bits per heavy atom. The van der Waals surface area contributed by atoms with Crippen LogP contribution in [0.15, 0.2) is 24.3 Å². The fourth-order valence-corrected chi connectivity index (χ4v) is 2.09. The van der Waals surface area contributed by atoms with Gasteiger partial charge in [0.05, 0.1) is 11.4 Å². The van der Waals surface area contributed by atoms with Crippen LogP contribution in [0.5, 0.6) is 0 Å². The number of aromatic nitrogens is 2. The van der Waals surface area contributed by atoms with Crippen LogP contribution in [-0.4, -0.2) is 16.5 Å². The van der Waals surface area contributed by atoms with E-state index in [1.165, 1.54) is 11.4 Å². The number of benzene rings is 1. The number of nitrogens with zero attached hydrogens (tertiary/aromatic N) is 1. The summed E-state index contributed by atoms with van der Waals surface area (Å²) < 4.78 is 0. The molecular formula is C12H14Cl3N3. The lowest BCUT2D eigenvalue weighted by Crippen LogP contribution is -2.23. The predicted octanol–water partition coefficient (Wildman–Crippen LogP) is 3.22. The van der Waals surface area contributed by atoms with Crippen LogP contribution in [0.2, 0.25) is 5.02 Å². The second-order valence-electron chi connectivity index (χ2n) is 3.94. The van der Waals surface area contributed by atoms with E-state index in [2.05, 4.69) is 15.3 Å². The molecule has 3 nitrogen and oxygen atoms in total. The Bertz CT molecular complexity index is 484. The van der Waals surface area contributed by atoms with Crippen molar-refractivity contribution in [2.45, 2.75) is 13.0 Å². The number of nitrogens with one attached hydrogen (secondary N) is 2. The molecule has 18 heavy (non-hydrogen) atoms. The fraction of sp³-hybridized carbons (Fsp3) is 0.250. The first kappa shape index (κ1) is 15.3. The molecule has 0 spiro atoms. The first-order valence-electron chi connectivity index (χ1n) is 5.37. The molecule has 0 atom stereocenters. The van der Waals surface area contributed by atoms with Gasteiger partial charge in [0.2, 0.25) is 0 Å². The van der Waals surface area contributed by atoms with E-state index in [4.69, 9.17) is 11.6 Å². The minimum absolute atomic E-state index is 0. The first-order valence-corrected chi connectivity index (χ1v) is 5.75. The highest BCUT2D eigenvalue weighted by molar-refractivity contribution is 6.30. The molecule has 6 heteroatoms. The molecule has 3 rings (SSSR count). The number of rotatable bonds is 1. The Labute approximate surface area is 123 Å². The van der Waals surface area contributed by atoms with Crippen LogP contribution in [0.3, 0.4) is 0 Å². The van der Waals surface area contributed by atoms with Crippen LogP contribution < -0.4 is 5.32 Å². The SMILES string of the molecule is Cl.Cl.Clc1ccc(-c2nc3c([nH]2)CNCC3)cc1. The molecule has 0 fully saturated rings. The number of hydrogen-bond donors (Lipinski definition) is 2. The van der Waals surface area contributed by atoms with Gasteiger partial charge in [0.25, 0.3) is 0 Å². The van der Waals surface area contributed by atoms with Gasteiger partial charge in [0, 0.05) is 30.1 Å². The summed E-state index contributed by atoms with van der Waals surface area (Å²) in [5.74, 6) is 0.936. The van der Waals surface area contributed by atoms with Crippen LogP contribution in [0.25, 0.3) is 11.4 Å². The van der Waals surface area contributed by atoms with Crippen LogP contribution in [0, 0.1) is 0 Å².